The molecule has 0 atom stereocenters. The number of ketones is 1. The first-order valence-electron chi connectivity index (χ1n) is 10.2. The number of fused-ring (bicyclic) bond motifs is 1. The number of benzene rings is 2. The number of nitrogens with one attached hydrogen (secondary N) is 1. The van der Waals surface area contributed by atoms with Gasteiger partial charge in [-0.25, -0.2) is 0 Å². The van der Waals surface area contributed by atoms with Crippen LogP contribution in [0.1, 0.15) is 21.5 Å². The van der Waals surface area contributed by atoms with E-state index in [1.807, 2.05) is 41.8 Å². The Hall–Kier alpha value is -3.49. The highest BCUT2D eigenvalue weighted by Crippen LogP contribution is 2.32. The molecule has 0 aliphatic carbocycles. The van der Waals surface area contributed by atoms with E-state index in [0.717, 1.165) is 28.1 Å². The highest BCUT2D eigenvalue weighted by atomic mass is 35.5. The van der Waals surface area contributed by atoms with Gasteiger partial charge in [0, 0.05) is 34.2 Å². The Balaban J connectivity index is 1.47. The number of carbonyl (C=O) groups is 2. The van der Waals surface area contributed by atoms with Crippen LogP contribution in [0.2, 0.25) is 5.02 Å². The molecule has 1 aliphatic heterocycles. The van der Waals surface area contributed by atoms with Crippen LogP contribution in [0.5, 0.6) is 0 Å². The number of hydrogen-bond donors (Lipinski definition) is 1. The Morgan fingerprint density at radius 1 is 1.15 bits per heavy atom. The van der Waals surface area contributed by atoms with Crippen LogP contribution in [0.3, 0.4) is 0 Å². The zero-order valence-corrected chi connectivity index (χ0v) is 19.2. The molecule has 3 heterocycles. The molecule has 164 valence electrons. The van der Waals surface area contributed by atoms with Crippen molar-refractivity contribution in [2.75, 3.05) is 11.1 Å². The van der Waals surface area contributed by atoms with Gasteiger partial charge in [0.15, 0.2) is 16.8 Å². The van der Waals surface area contributed by atoms with E-state index in [-0.39, 0.29) is 17.4 Å². The standard InChI is InChI=1S/C24H18ClN5O2S/c1-14-18(25)3-2-4-20(14)30-23(15-7-9-26-10-8-15)28-29-24(30)33-13-21(31)16-5-6-19-17(11-16)12-22(32)27-19/h2-11H,12-13H2,1H3,(H,27,32). The molecule has 1 N–H and O–H groups in total. The fourth-order valence-corrected chi connectivity index (χ4v) is 4.73. The first-order valence-corrected chi connectivity index (χ1v) is 11.6. The molecule has 9 heteroatoms. The smallest absolute Gasteiger partial charge is 0.228 e. The summed E-state index contributed by atoms with van der Waals surface area (Å²) in [4.78, 5) is 28.6. The van der Waals surface area contributed by atoms with Crippen molar-refractivity contribution in [1.82, 2.24) is 19.7 Å². The van der Waals surface area contributed by atoms with Crippen molar-refractivity contribution in [3.8, 4) is 17.1 Å². The number of carbonyl (C=O) groups excluding carboxylic acids is 2. The maximum absolute atomic E-state index is 12.9. The minimum absolute atomic E-state index is 0.0509. The van der Waals surface area contributed by atoms with Gasteiger partial charge in [0.1, 0.15) is 0 Å². The molecule has 4 aromatic rings. The van der Waals surface area contributed by atoms with Crippen LogP contribution in [0.25, 0.3) is 17.1 Å². The van der Waals surface area contributed by atoms with Crippen LogP contribution in [0, 0.1) is 6.92 Å². The van der Waals surface area contributed by atoms with Gasteiger partial charge in [-0.3, -0.25) is 19.1 Å². The maximum atomic E-state index is 12.9. The third kappa shape index (κ3) is 4.15. The van der Waals surface area contributed by atoms with Crippen LogP contribution in [0.15, 0.2) is 66.1 Å². The Kier molecular flexibility index (Phi) is 5.70. The molecule has 0 saturated heterocycles. The van der Waals surface area contributed by atoms with Gasteiger partial charge < -0.3 is 5.32 Å². The summed E-state index contributed by atoms with van der Waals surface area (Å²) in [6, 6.07) is 14.7. The quantitative estimate of drug-likeness (QED) is 0.319. The number of nitrogens with zero attached hydrogens (tertiary/aromatic N) is 4. The second-order valence-electron chi connectivity index (χ2n) is 7.57. The molecule has 0 radical (unpaired) electrons. The predicted octanol–water partition coefficient (Wildman–Crippen LogP) is 4.76. The number of aromatic nitrogens is 4. The molecule has 0 bridgehead atoms. The van der Waals surface area contributed by atoms with Gasteiger partial charge in [-0.1, -0.05) is 29.4 Å². The lowest BCUT2D eigenvalue weighted by atomic mass is 10.1. The lowest BCUT2D eigenvalue weighted by molar-refractivity contribution is -0.115. The van der Waals surface area contributed by atoms with E-state index >= 15 is 0 Å². The van der Waals surface area contributed by atoms with E-state index in [1.165, 1.54) is 11.8 Å². The van der Waals surface area contributed by atoms with E-state index < -0.39 is 0 Å². The number of pyridine rings is 1. The maximum Gasteiger partial charge on any atom is 0.228 e. The Morgan fingerprint density at radius 3 is 2.79 bits per heavy atom. The van der Waals surface area contributed by atoms with Gasteiger partial charge in [-0.05, 0) is 60.5 Å². The minimum Gasteiger partial charge on any atom is -0.326 e. The molecule has 7 nitrogen and oxygen atoms in total. The Morgan fingerprint density at radius 2 is 1.97 bits per heavy atom. The van der Waals surface area contributed by atoms with Gasteiger partial charge in [-0.15, -0.1) is 10.2 Å². The highest BCUT2D eigenvalue weighted by molar-refractivity contribution is 7.99. The molecule has 0 spiro atoms. The summed E-state index contributed by atoms with van der Waals surface area (Å²) in [5.74, 6) is 0.705. The first kappa shape index (κ1) is 21.4. The van der Waals surface area contributed by atoms with Gasteiger partial charge >= 0.3 is 0 Å². The van der Waals surface area contributed by atoms with E-state index in [4.69, 9.17) is 11.6 Å². The first-order chi connectivity index (χ1) is 16.0. The fraction of sp³-hybridized carbons (Fsp3) is 0.125. The normalized spacial score (nSPS) is 12.5. The fourth-order valence-electron chi connectivity index (χ4n) is 3.72. The highest BCUT2D eigenvalue weighted by Gasteiger charge is 2.22. The van der Waals surface area contributed by atoms with Crippen molar-refractivity contribution in [2.24, 2.45) is 0 Å². The molecule has 33 heavy (non-hydrogen) atoms. The lowest BCUT2D eigenvalue weighted by Crippen LogP contribution is -2.06. The summed E-state index contributed by atoms with van der Waals surface area (Å²) in [6.07, 6.45) is 3.69. The third-order valence-electron chi connectivity index (χ3n) is 5.44. The average molecular weight is 476 g/mol. The summed E-state index contributed by atoms with van der Waals surface area (Å²) < 4.78 is 1.92. The number of amides is 1. The third-order valence-corrected chi connectivity index (χ3v) is 6.77. The van der Waals surface area contributed by atoms with Crippen molar-refractivity contribution >= 4 is 40.7 Å². The molecular formula is C24H18ClN5O2S. The molecular weight excluding hydrogens is 458 g/mol. The largest absolute Gasteiger partial charge is 0.326 e. The van der Waals surface area contributed by atoms with Crippen LogP contribution in [-0.2, 0) is 11.2 Å². The molecule has 0 saturated carbocycles. The number of anilines is 1. The van der Waals surface area contributed by atoms with Crippen LogP contribution in [0.4, 0.5) is 5.69 Å². The summed E-state index contributed by atoms with van der Waals surface area (Å²) in [5.41, 5.74) is 4.76. The van der Waals surface area contributed by atoms with Crippen LogP contribution in [-0.4, -0.2) is 37.2 Å². The Bertz CT molecular complexity index is 1390. The van der Waals surface area contributed by atoms with Gasteiger partial charge in [0.25, 0.3) is 0 Å². The van der Waals surface area contributed by atoms with Crippen LogP contribution < -0.4 is 5.32 Å². The van der Waals surface area contributed by atoms with E-state index in [1.54, 1.807) is 30.6 Å². The zero-order valence-electron chi connectivity index (χ0n) is 17.6. The summed E-state index contributed by atoms with van der Waals surface area (Å²) >= 11 is 7.70. The molecule has 5 rings (SSSR count). The van der Waals surface area contributed by atoms with Crippen molar-refractivity contribution in [3.05, 3.63) is 82.6 Å². The lowest BCUT2D eigenvalue weighted by Gasteiger charge is -2.13. The number of Topliss-reactive ketones (excluding diaryl/α,β-unsaturated/α-hetero) is 1. The van der Waals surface area contributed by atoms with Gasteiger partial charge in [0.05, 0.1) is 17.9 Å². The second-order valence-corrected chi connectivity index (χ2v) is 8.92. The van der Waals surface area contributed by atoms with Crippen molar-refractivity contribution < 1.29 is 9.59 Å². The average Bonchev–Trinajstić information content (AvgIpc) is 3.41. The molecule has 0 unspecified atom stereocenters. The van der Waals surface area contributed by atoms with Gasteiger partial charge in [-0.2, -0.15) is 0 Å². The van der Waals surface area contributed by atoms with Crippen molar-refractivity contribution in [2.45, 2.75) is 18.5 Å². The number of rotatable bonds is 6. The predicted molar refractivity (Wildman–Crippen MR) is 128 cm³/mol. The molecule has 1 amide bonds. The topological polar surface area (TPSA) is 89.8 Å². The number of thioether (sulfide) groups is 1. The summed E-state index contributed by atoms with van der Waals surface area (Å²) in [6.45, 7) is 1.94. The molecule has 2 aromatic carbocycles. The SMILES string of the molecule is Cc1c(Cl)cccc1-n1c(SCC(=O)c2ccc3c(c2)CC(=O)N3)nnc1-c1ccncc1. The number of hydrogen-bond acceptors (Lipinski definition) is 6. The van der Waals surface area contributed by atoms with Crippen LogP contribution >= 0.6 is 23.4 Å². The van der Waals surface area contributed by atoms with Crippen molar-refractivity contribution in [3.63, 3.8) is 0 Å². The van der Waals surface area contributed by atoms with E-state index in [0.29, 0.717) is 28.0 Å². The van der Waals surface area contributed by atoms with E-state index in [9.17, 15) is 9.59 Å². The monoisotopic (exact) mass is 475 g/mol. The van der Waals surface area contributed by atoms with Crippen molar-refractivity contribution in [1.29, 1.82) is 0 Å². The number of halogens is 1. The molecule has 2 aromatic heterocycles. The second kappa shape index (κ2) is 8.80. The minimum atomic E-state index is -0.0578. The Labute approximate surface area is 199 Å². The van der Waals surface area contributed by atoms with Gasteiger partial charge in [0.2, 0.25) is 5.91 Å². The summed E-state index contributed by atoms with van der Waals surface area (Å²) in [7, 11) is 0. The van der Waals surface area contributed by atoms with E-state index in [2.05, 4.69) is 20.5 Å². The molecule has 0 fully saturated rings. The zero-order chi connectivity index (χ0) is 22.9. The molecule has 1 aliphatic rings. The summed E-state index contributed by atoms with van der Waals surface area (Å²) in [5, 5.41) is 12.8.